The molecule has 1 aromatic heterocycles. The molecule has 1 aromatic carbocycles. The molecule has 0 fully saturated rings. The van der Waals surface area contributed by atoms with Crippen molar-refractivity contribution >= 4 is 0 Å². The predicted molar refractivity (Wildman–Crippen MR) is 69.7 cm³/mol. The summed E-state index contributed by atoms with van der Waals surface area (Å²) in [6.07, 6.45) is 5.59. The van der Waals surface area contributed by atoms with E-state index in [1.165, 1.54) is 12.1 Å². The summed E-state index contributed by atoms with van der Waals surface area (Å²) in [4.78, 5) is 0. The number of halogens is 1. The van der Waals surface area contributed by atoms with Crippen molar-refractivity contribution in [1.29, 1.82) is 0 Å². The standard InChI is InChI=1S/C14H18FN3/c1-2-14(16)7-12-8-17-18(10-12)9-11-4-3-5-13(15)6-11/h3-6,8,10,14H,2,7,9,16H2,1H3. The number of aromatic nitrogens is 2. The van der Waals surface area contributed by atoms with Crippen molar-refractivity contribution in [2.24, 2.45) is 5.73 Å². The molecular formula is C14H18FN3. The van der Waals surface area contributed by atoms with Crippen LogP contribution in [0.1, 0.15) is 24.5 Å². The summed E-state index contributed by atoms with van der Waals surface area (Å²) < 4.78 is 14.9. The lowest BCUT2D eigenvalue weighted by Gasteiger charge is -2.05. The molecule has 0 saturated heterocycles. The maximum Gasteiger partial charge on any atom is 0.123 e. The van der Waals surface area contributed by atoms with Crippen LogP contribution in [0.4, 0.5) is 4.39 Å². The van der Waals surface area contributed by atoms with E-state index in [1.54, 1.807) is 6.07 Å². The van der Waals surface area contributed by atoms with Gasteiger partial charge in [-0.25, -0.2) is 4.39 Å². The van der Waals surface area contributed by atoms with Gasteiger partial charge in [0.15, 0.2) is 0 Å². The Kier molecular flexibility index (Phi) is 4.10. The highest BCUT2D eigenvalue weighted by Gasteiger charge is 2.04. The van der Waals surface area contributed by atoms with Gasteiger partial charge in [0, 0.05) is 12.2 Å². The first-order valence-corrected chi connectivity index (χ1v) is 6.18. The van der Waals surface area contributed by atoms with E-state index in [2.05, 4.69) is 12.0 Å². The van der Waals surface area contributed by atoms with Gasteiger partial charge in [-0.2, -0.15) is 5.10 Å². The van der Waals surface area contributed by atoms with Gasteiger partial charge in [0.2, 0.25) is 0 Å². The monoisotopic (exact) mass is 247 g/mol. The molecule has 0 aliphatic rings. The van der Waals surface area contributed by atoms with Crippen LogP contribution in [0.3, 0.4) is 0 Å². The number of nitrogens with zero attached hydrogens (tertiary/aromatic N) is 2. The number of hydrogen-bond acceptors (Lipinski definition) is 2. The first kappa shape index (κ1) is 12.8. The van der Waals surface area contributed by atoms with Gasteiger partial charge >= 0.3 is 0 Å². The summed E-state index contributed by atoms with van der Waals surface area (Å²) in [6.45, 7) is 2.65. The Morgan fingerprint density at radius 2 is 2.22 bits per heavy atom. The van der Waals surface area contributed by atoms with E-state index in [0.717, 1.165) is 24.0 Å². The second kappa shape index (κ2) is 5.78. The van der Waals surface area contributed by atoms with Crippen molar-refractivity contribution in [3.05, 3.63) is 53.6 Å². The van der Waals surface area contributed by atoms with Crippen LogP contribution in [0.2, 0.25) is 0 Å². The molecule has 0 radical (unpaired) electrons. The quantitative estimate of drug-likeness (QED) is 0.881. The highest BCUT2D eigenvalue weighted by atomic mass is 19.1. The van der Waals surface area contributed by atoms with Crippen molar-refractivity contribution < 1.29 is 4.39 Å². The lowest BCUT2D eigenvalue weighted by atomic mass is 10.1. The number of rotatable bonds is 5. The van der Waals surface area contributed by atoms with Gasteiger partial charge in [-0.1, -0.05) is 19.1 Å². The van der Waals surface area contributed by atoms with Gasteiger partial charge in [-0.3, -0.25) is 4.68 Å². The van der Waals surface area contributed by atoms with Crippen molar-refractivity contribution in [3.63, 3.8) is 0 Å². The average molecular weight is 247 g/mol. The average Bonchev–Trinajstić information content (AvgIpc) is 2.76. The van der Waals surface area contributed by atoms with Crippen molar-refractivity contribution in [2.75, 3.05) is 0 Å². The molecule has 2 N–H and O–H groups in total. The fraction of sp³-hybridized carbons (Fsp3) is 0.357. The van der Waals surface area contributed by atoms with Crippen molar-refractivity contribution in [2.45, 2.75) is 32.4 Å². The summed E-state index contributed by atoms with van der Waals surface area (Å²) in [5.41, 5.74) is 7.93. The smallest absolute Gasteiger partial charge is 0.123 e. The van der Waals surface area contributed by atoms with Crippen LogP contribution in [0.25, 0.3) is 0 Å². The Bertz CT molecular complexity index is 507. The molecule has 1 heterocycles. The van der Waals surface area contributed by atoms with Gasteiger partial charge in [0.25, 0.3) is 0 Å². The Labute approximate surface area is 106 Å². The Morgan fingerprint density at radius 1 is 1.39 bits per heavy atom. The van der Waals surface area contributed by atoms with Gasteiger partial charge in [-0.15, -0.1) is 0 Å². The predicted octanol–water partition coefficient (Wildman–Crippen LogP) is 2.35. The lowest BCUT2D eigenvalue weighted by molar-refractivity contribution is 0.619. The fourth-order valence-corrected chi connectivity index (χ4v) is 1.87. The highest BCUT2D eigenvalue weighted by Crippen LogP contribution is 2.08. The normalized spacial score (nSPS) is 12.6. The summed E-state index contributed by atoms with van der Waals surface area (Å²) in [5, 5.41) is 4.27. The molecule has 18 heavy (non-hydrogen) atoms. The minimum atomic E-state index is -0.215. The van der Waals surface area contributed by atoms with E-state index in [4.69, 9.17) is 5.73 Å². The molecule has 96 valence electrons. The summed E-state index contributed by atoms with van der Waals surface area (Å²) >= 11 is 0. The molecule has 1 atom stereocenters. The van der Waals surface area contributed by atoms with Crippen LogP contribution < -0.4 is 5.73 Å². The maximum absolute atomic E-state index is 13.0. The van der Waals surface area contributed by atoms with E-state index < -0.39 is 0 Å². The van der Waals surface area contributed by atoms with Crippen LogP contribution in [0.15, 0.2) is 36.7 Å². The maximum atomic E-state index is 13.0. The van der Waals surface area contributed by atoms with Crippen molar-refractivity contribution in [3.8, 4) is 0 Å². The number of nitrogens with two attached hydrogens (primary N) is 1. The molecular weight excluding hydrogens is 229 g/mol. The third-order valence-electron chi connectivity index (χ3n) is 2.94. The molecule has 0 bridgehead atoms. The van der Waals surface area contributed by atoms with Gasteiger partial charge < -0.3 is 5.73 Å². The van der Waals surface area contributed by atoms with Crippen LogP contribution in [0, 0.1) is 5.82 Å². The largest absolute Gasteiger partial charge is 0.327 e. The van der Waals surface area contributed by atoms with E-state index in [1.807, 2.05) is 23.1 Å². The molecule has 1 unspecified atom stereocenters. The molecule has 0 saturated carbocycles. The van der Waals surface area contributed by atoms with Crippen LogP contribution >= 0.6 is 0 Å². The Hall–Kier alpha value is -1.68. The zero-order valence-electron chi connectivity index (χ0n) is 10.5. The highest BCUT2D eigenvalue weighted by molar-refractivity contribution is 5.17. The minimum absolute atomic E-state index is 0.178. The summed E-state index contributed by atoms with van der Waals surface area (Å²) in [5.74, 6) is -0.215. The SMILES string of the molecule is CCC(N)Cc1cnn(Cc2cccc(F)c2)c1. The van der Waals surface area contributed by atoms with Gasteiger partial charge in [-0.05, 0) is 36.1 Å². The lowest BCUT2D eigenvalue weighted by Crippen LogP contribution is -2.21. The molecule has 2 aromatic rings. The fourth-order valence-electron chi connectivity index (χ4n) is 1.87. The molecule has 0 aliphatic heterocycles. The molecule has 0 aliphatic carbocycles. The van der Waals surface area contributed by atoms with E-state index in [9.17, 15) is 4.39 Å². The zero-order chi connectivity index (χ0) is 13.0. The zero-order valence-corrected chi connectivity index (χ0v) is 10.5. The van der Waals surface area contributed by atoms with Crippen LogP contribution in [-0.4, -0.2) is 15.8 Å². The Morgan fingerprint density at radius 3 is 2.94 bits per heavy atom. The first-order valence-electron chi connectivity index (χ1n) is 6.18. The first-order chi connectivity index (χ1) is 8.67. The molecule has 2 rings (SSSR count). The van der Waals surface area contributed by atoms with E-state index in [0.29, 0.717) is 6.54 Å². The minimum Gasteiger partial charge on any atom is -0.327 e. The van der Waals surface area contributed by atoms with Gasteiger partial charge in [0.1, 0.15) is 5.82 Å². The molecule has 4 heteroatoms. The molecule has 3 nitrogen and oxygen atoms in total. The molecule has 0 spiro atoms. The van der Waals surface area contributed by atoms with E-state index >= 15 is 0 Å². The topological polar surface area (TPSA) is 43.8 Å². The Balaban J connectivity index is 2.02. The second-order valence-electron chi connectivity index (χ2n) is 4.55. The van der Waals surface area contributed by atoms with Crippen LogP contribution in [-0.2, 0) is 13.0 Å². The number of benzene rings is 1. The van der Waals surface area contributed by atoms with Crippen LogP contribution in [0.5, 0.6) is 0 Å². The third kappa shape index (κ3) is 3.40. The number of hydrogen-bond donors (Lipinski definition) is 1. The van der Waals surface area contributed by atoms with Gasteiger partial charge in [0.05, 0.1) is 12.7 Å². The third-order valence-corrected chi connectivity index (χ3v) is 2.94. The summed E-state index contributed by atoms with van der Waals surface area (Å²) in [7, 11) is 0. The summed E-state index contributed by atoms with van der Waals surface area (Å²) in [6, 6.07) is 6.75. The van der Waals surface area contributed by atoms with Crippen molar-refractivity contribution in [1.82, 2.24) is 9.78 Å². The second-order valence-corrected chi connectivity index (χ2v) is 4.55. The van der Waals surface area contributed by atoms with E-state index in [-0.39, 0.29) is 11.9 Å². The molecule has 0 amide bonds.